The number of hydrogen-bond donors (Lipinski definition) is 3. The zero-order chi connectivity index (χ0) is 30.7. The van der Waals surface area contributed by atoms with E-state index < -0.39 is 11.6 Å². The highest BCUT2D eigenvalue weighted by molar-refractivity contribution is 7.17. The van der Waals surface area contributed by atoms with E-state index in [1.807, 2.05) is 12.1 Å². The number of nitrogens with one attached hydrogen (secondary N) is 2. The lowest BCUT2D eigenvalue weighted by Gasteiger charge is -2.37. The zero-order valence-electron chi connectivity index (χ0n) is 25.5. The molecule has 11 nitrogen and oxygen atoms in total. The van der Waals surface area contributed by atoms with E-state index in [4.69, 9.17) is 19.4 Å². The first kappa shape index (κ1) is 30.5. The maximum Gasteiger partial charge on any atom is 0.339 e. The Morgan fingerprint density at radius 2 is 1.91 bits per heavy atom. The van der Waals surface area contributed by atoms with E-state index in [1.54, 1.807) is 51.5 Å². The van der Waals surface area contributed by atoms with Crippen LogP contribution in [-0.4, -0.2) is 77.9 Å². The Bertz CT molecular complexity index is 1590. The summed E-state index contributed by atoms with van der Waals surface area (Å²) in [6.45, 7) is 7.29. The van der Waals surface area contributed by atoms with Crippen LogP contribution in [0.1, 0.15) is 49.7 Å². The second kappa shape index (κ2) is 12.7. The number of thiophene rings is 1. The molecule has 0 atom stereocenters. The number of benzene rings is 1. The van der Waals surface area contributed by atoms with Crippen LogP contribution in [-0.2, 0) is 10.3 Å². The maximum absolute atomic E-state index is 12.8. The molecule has 4 aromatic rings. The number of hydrogen-bond acceptors (Lipinski definition) is 12. The van der Waals surface area contributed by atoms with Crippen molar-refractivity contribution in [2.75, 3.05) is 56.4 Å². The van der Waals surface area contributed by atoms with E-state index in [9.17, 15) is 9.90 Å². The molecular weight excluding hydrogens is 566 g/mol. The van der Waals surface area contributed by atoms with Crippen molar-refractivity contribution in [2.24, 2.45) is 0 Å². The molecule has 0 aliphatic carbocycles. The molecule has 0 spiro atoms. The van der Waals surface area contributed by atoms with Crippen LogP contribution in [0.15, 0.2) is 41.8 Å². The second-order valence-electron chi connectivity index (χ2n) is 11.2. The van der Waals surface area contributed by atoms with Crippen molar-refractivity contribution in [2.45, 2.75) is 45.3 Å². The van der Waals surface area contributed by atoms with Gasteiger partial charge >= 0.3 is 5.97 Å². The number of fused-ring (bicyclic) bond motifs is 1. The van der Waals surface area contributed by atoms with Crippen molar-refractivity contribution in [1.82, 2.24) is 19.9 Å². The van der Waals surface area contributed by atoms with E-state index in [-0.39, 0.29) is 6.61 Å². The third kappa shape index (κ3) is 6.82. The summed E-state index contributed by atoms with van der Waals surface area (Å²) in [6, 6.07) is 11.9. The lowest BCUT2D eigenvalue weighted by Crippen LogP contribution is -2.42. The SMILES string of the molecule is CCOC(=O)c1csc2nc(Nc3ccc(N4CCC(N(C)C)CC4)c(OC)c3)nc(Nc3cccc(C(C)(C)O)n3)c12. The Morgan fingerprint density at radius 3 is 2.58 bits per heavy atom. The molecule has 0 radical (unpaired) electrons. The maximum atomic E-state index is 12.8. The van der Waals surface area contributed by atoms with Crippen molar-refractivity contribution in [3.8, 4) is 5.75 Å². The van der Waals surface area contributed by atoms with Crippen LogP contribution in [0.3, 0.4) is 0 Å². The Labute approximate surface area is 255 Å². The van der Waals surface area contributed by atoms with Crippen molar-refractivity contribution in [1.29, 1.82) is 0 Å². The van der Waals surface area contributed by atoms with Gasteiger partial charge in [0.25, 0.3) is 0 Å². The number of carbonyl (C=O) groups excluding carboxylic acids is 1. The van der Waals surface area contributed by atoms with Gasteiger partial charge in [-0.05, 0) is 72.0 Å². The summed E-state index contributed by atoms with van der Waals surface area (Å²) in [6.07, 6.45) is 2.20. The van der Waals surface area contributed by atoms with Gasteiger partial charge in [-0.1, -0.05) is 6.07 Å². The van der Waals surface area contributed by atoms with Crippen molar-refractivity contribution in [3.05, 3.63) is 53.0 Å². The van der Waals surface area contributed by atoms with Crippen molar-refractivity contribution in [3.63, 3.8) is 0 Å². The fourth-order valence-corrected chi connectivity index (χ4v) is 6.09. The van der Waals surface area contributed by atoms with Crippen LogP contribution in [0.25, 0.3) is 10.2 Å². The minimum atomic E-state index is -1.13. The largest absolute Gasteiger partial charge is 0.495 e. The molecule has 1 saturated heterocycles. The predicted octanol–water partition coefficient (Wildman–Crippen LogP) is 5.52. The number of carbonyl (C=O) groups is 1. The third-order valence-corrected chi connectivity index (χ3v) is 8.39. The minimum Gasteiger partial charge on any atom is -0.495 e. The second-order valence-corrected chi connectivity index (χ2v) is 12.1. The van der Waals surface area contributed by atoms with E-state index in [2.05, 4.69) is 45.6 Å². The van der Waals surface area contributed by atoms with E-state index >= 15 is 0 Å². The highest BCUT2D eigenvalue weighted by atomic mass is 32.1. The van der Waals surface area contributed by atoms with Gasteiger partial charge in [-0.2, -0.15) is 4.98 Å². The van der Waals surface area contributed by atoms with Gasteiger partial charge in [-0.25, -0.2) is 14.8 Å². The standard InChI is InChI=1S/C31H39N7O4S/c1-7-42-29(39)21-18-43-28-26(21)27(34-25-10-8-9-24(33-25)31(2,3)40)35-30(36-28)32-19-11-12-22(23(17-19)41-6)38-15-13-20(14-16-38)37(4)5/h8-12,17-18,20,40H,7,13-16H2,1-6H3,(H2,32,33,34,35,36). The van der Waals surface area contributed by atoms with Gasteiger partial charge in [0.05, 0.1) is 36.0 Å². The van der Waals surface area contributed by atoms with E-state index in [0.29, 0.717) is 45.1 Å². The molecule has 1 aliphatic heterocycles. The Hall–Kier alpha value is -4.00. The van der Waals surface area contributed by atoms with Crippen molar-refractivity contribution >= 4 is 56.5 Å². The van der Waals surface area contributed by atoms with Gasteiger partial charge in [-0.15, -0.1) is 11.3 Å². The molecule has 4 heterocycles. The normalized spacial score (nSPS) is 14.3. The molecule has 3 aromatic heterocycles. The molecule has 0 bridgehead atoms. The summed E-state index contributed by atoms with van der Waals surface area (Å²) in [5.74, 6) is 1.52. The molecule has 228 valence electrons. The monoisotopic (exact) mass is 605 g/mol. The number of anilines is 5. The van der Waals surface area contributed by atoms with Crippen LogP contribution >= 0.6 is 11.3 Å². The summed E-state index contributed by atoms with van der Waals surface area (Å²) in [7, 11) is 5.95. The fraction of sp³-hybridized carbons (Fsp3) is 0.419. The summed E-state index contributed by atoms with van der Waals surface area (Å²) < 4.78 is 11.1. The third-order valence-electron chi connectivity index (χ3n) is 7.52. The predicted molar refractivity (Wildman–Crippen MR) is 171 cm³/mol. The van der Waals surface area contributed by atoms with Gasteiger partial charge in [-0.3, -0.25) is 0 Å². The van der Waals surface area contributed by atoms with E-state index in [1.165, 1.54) is 11.3 Å². The molecule has 5 rings (SSSR count). The molecule has 1 aromatic carbocycles. The van der Waals surface area contributed by atoms with Crippen LogP contribution in [0.2, 0.25) is 0 Å². The highest BCUT2D eigenvalue weighted by Gasteiger charge is 2.24. The number of aliphatic hydroxyl groups is 1. The summed E-state index contributed by atoms with van der Waals surface area (Å²) in [5, 5.41) is 19.3. The Kier molecular flexibility index (Phi) is 9.00. The molecule has 3 N–H and O–H groups in total. The quantitative estimate of drug-likeness (QED) is 0.198. The van der Waals surface area contributed by atoms with Crippen LogP contribution in [0.5, 0.6) is 5.75 Å². The molecule has 0 saturated carbocycles. The molecular formula is C31H39N7O4S. The van der Waals surface area contributed by atoms with Gasteiger partial charge in [0.1, 0.15) is 27.8 Å². The van der Waals surface area contributed by atoms with Gasteiger partial charge in [0.15, 0.2) is 0 Å². The lowest BCUT2D eigenvalue weighted by molar-refractivity contribution is 0.0529. The van der Waals surface area contributed by atoms with Gasteiger partial charge in [0, 0.05) is 36.3 Å². The van der Waals surface area contributed by atoms with Crippen LogP contribution < -0.4 is 20.3 Å². The van der Waals surface area contributed by atoms with Crippen LogP contribution in [0.4, 0.5) is 29.0 Å². The summed E-state index contributed by atoms with van der Waals surface area (Å²) >= 11 is 1.33. The van der Waals surface area contributed by atoms with Gasteiger partial charge in [0.2, 0.25) is 5.95 Å². The molecule has 12 heteroatoms. The first-order valence-corrected chi connectivity index (χ1v) is 15.2. The first-order valence-electron chi connectivity index (χ1n) is 14.4. The first-order chi connectivity index (χ1) is 20.6. The van der Waals surface area contributed by atoms with Crippen molar-refractivity contribution < 1.29 is 19.4 Å². The smallest absolute Gasteiger partial charge is 0.339 e. The topological polar surface area (TPSA) is 125 Å². The highest BCUT2D eigenvalue weighted by Crippen LogP contribution is 2.36. The number of piperidine rings is 1. The molecule has 1 aliphatic rings. The molecule has 1 fully saturated rings. The zero-order valence-corrected chi connectivity index (χ0v) is 26.3. The fourth-order valence-electron chi connectivity index (χ4n) is 5.18. The molecule has 0 unspecified atom stereocenters. The van der Waals surface area contributed by atoms with E-state index in [0.717, 1.165) is 43.1 Å². The van der Waals surface area contributed by atoms with Crippen LogP contribution in [0, 0.1) is 0 Å². The number of ether oxygens (including phenoxy) is 2. The lowest BCUT2D eigenvalue weighted by atomic mass is 10.0. The summed E-state index contributed by atoms with van der Waals surface area (Å²) in [4.78, 5) is 32.1. The number of methoxy groups -OCH3 is 1. The molecule has 43 heavy (non-hydrogen) atoms. The number of rotatable bonds is 10. The Morgan fingerprint density at radius 1 is 1.14 bits per heavy atom. The number of nitrogens with zero attached hydrogens (tertiary/aromatic N) is 5. The number of pyridine rings is 1. The average molecular weight is 606 g/mol. The van der Waals surface area contributed by atoms with Gasteiger partial charge < -0.3 is 35.0 Å². The number of esters is 1. The average Bonchev–Trinajstić information content (AvgIpc) is 3.41. The molecule has 0 amide bonds. The summed E-state index contributed by atoms with van der Waals surface area (Å²) in [5.41, 5.74) is 1.56. The Balaban J connectivity index is 1.47. The minimum absolute atomic E-state index is 0.250. The number of aromatic nitrogens is 3.